The lowest BCUT2D eigenvalue weighted by Gasteiger charge is -2.14. The van der Waals surface area contributed by atoms with Crippen molar-refractivity contribution in [2.24, 2.45) is 0 Å². The third-order valence-corrected chi connectivity index (χ3v) is 3.32. The molecule has 0 aliphatic carbocycles. The molecule has 1 heterocycles. The zero-order valence-electron chi connectivity index (χ0n) is 9.17. The molecule has 16 heavy (non-hydrogen) atoms. The van der Waals surface area contributed by atoms with Crippen LogP contribution in [0.3, 0.4) is 0 Å². The van der Waals surface area contributed by atoms with Crippen LogP contribution in [0, 0.1) is 0 Å². The Morgan fingerprint density at radius 1 is 1.38 bits per heavy atom. The van der Waals surface area contributed by atoms with Crippen molar-refractivity contribution in [3.63, 3.8) is 0 Å². The van der Waals surface area contributed by atoms with Crippen LogP contribution in [0.5, 0.6) is 0 Å². The van der Waals surface area contributed by atoms with Crippen LogP contribution in [-0.2, 0) is 4.74 Å². The number of nitrogens with one attached hydrogen (secondary N) is 1. The Morgan fingerprint density at radius 3 is 2.81 bits per heavy atom. The summed E-state index contributed by atoms with van der Waals surface area (Å²) in [5.74, 6) is 0. The van der Waals surface area contributed by atoms with Gasteiger partial charge in [0, 0.05) is 11.6 Å². The molecule has 1 aliphatic rings. The standard InChI is InChI=1S/C12H15Cl2NO/c1-8-2-4-10(16-8)7-15-12-5-3-9(13)6-11(12)14/h3,5-6,8,10,15H,2,4,7H2,1H3. The average Bonchev–Trinajstić information content (AvgIpc) is 2.63. The van der Waals surface area contributed by atoms with E-state index in [1.165, 1.54) is 0 Å². The van der Waals surface area contributed by atoms with Crippen LogP contribution in [0.1, 0.15) is 19.8 Å². The van der Waals surface area contributed by atoms with Crippen LogP contribution >= 0.6 is 23.2 Å². The number of anilines is 1. The van der Waals surface area contributed by atoms with Gasteiger partial charge < -0.3 is 10.1 Å². The van der Waals surface area contributed by atoms with E-state index in [4.69, 9.17) is 27.9 Å². The lowest BCUT2D eigenvalue weighted by atomic mass is 10.2. The normalized spacial score (nSPS) is 24.7. The molecule has 1 N–H and O–H groups in total. The summed E-state index contributed by atoms with van der Waals surface area (Å²) in [5.41, 5.74) is 0.911. The molecular weight excluding hydrogens is 245 g/mol. The van der Waals surface area contributed by atoms with Gasteiger partial charge >= 0.3 is 0 Å². The molecule has 2 rings (SSSR count). The van der Waals surface area contributed by atoms with Crippen molar-refractivity contribution >= 4 is 28.9 Å². The summed E-state index contributed by atoms with van der Waals surface area (Å²) in [5, 5.41) is 4.59. The Labute approximate surface area is 106 Å². The summed E-state index contributed by atoms with van der Waals surface area (Å²) < 4.78 is 5.71. The topological polar surface area (TPSA) is 21.3 Å². The van der Waals surface area contributed by atoms with E-state index in [9.17, 15) is 0 Å². The molecule has 0 bridgehead atoms. The van der Waals surface area contributed by atoms with Crippen LogP contribution in [0.2, 0.25) is 10.0 Å². The van der Waals surface area contributed by atoms with E-state index >= 15 is 0 Å². The SMILES string of the molecule is CC1CCC(CNc2ccc(Cl)cc2Cl)O1. The van der Waals surface area contributed by atoms with Crippen molar-refractivity contribution in [3.05, 3.63) is 28.2 Å². The molecule has 4 heteroatoms. The van der Waals surface area contributed by atoms with Gasteiger partial charge in [0.05, 0.1) is 22.9 Å². The number of benzene rings is 1. The maximum Gasteiger partial charge on any atom is 0.0751 e. The average molecular weight is 260 g/mol. The molecule has 1 aromatic carbocycles. The van der Waals surface area contributed by atoms with Crippen LogP contribution in [0.4, 0.5) is 5.69 Å². The molecular formula is C12H15Cl2NO. The summed E-state index contributed by atoms with van der Waals surface area (Å²) in [6, 6.07) is 5.46. The lowest BCUT2D eigenvalue weighted by molar-refractivity contribution is 0.0637. The number of ether oxygens (including phenoxy) is 1. The Morgan fingerprint density at radius 2 is 2.19 bits per heavy atom. The molecule has 2 unspecified atom stereocenters. The molecule has 1 aliphatic heterocycles. The fourth-order valence-electron chi connectivity index (χ4n) is 1.89. The third kappa shape index (κ3) is 3.03. The van der Waals surface area contributed by atoms with Crippen molar-refractivity contribution < 1.29 is 4.74 Å². The van der Waals surface area contributed by atoms with Gasteiger partial charge in [-0.1, -0.05) is 23.2 Å². The van der Waals surface area contributed by atoms with E-state index in [0.29, 0.717) is 22.3 Å². The summed E-state index contributed by atoms with van der Waals surface area (Å²) in [4.78, 5) is 0. The first-order valence-corrected chi connectivity index (χ1v) is 6.25. The van der Waals surface area contributed by atoms with Gasteiger partial charge in [-0.15, -0.1) is 0 Å². The van der Waals surface area contributed by atoms with Gasteiger partial charge in [-0.3, -0.25) is 0 Å². The molecule has 0 spiro atoms. The fourth-order valence-corrected chi connectivity index (χ4v) is 2.37. The van der Waals surface area contributed by atoms with Gasteiger partial charge in [-0.05, 0) is 38.0 Å². The largest absolute Gasteiger partial charge is 0.381 e. The molecule has 0 aromatic heterocycles. The van der Waals surface area contributed by atoms with Crippen LogP contribution in [0.25, 0.3) is 0 Å². The Kier molecular flexibility index (Phi) is 3.95. The van der Waals surface area contributed by atoms with E-state index in [1.807, 2.05) is 12.1 Å². The number of rotatable bonds is 3. The van der Waals surface area contributed by atoms with Gasteiger partial charge in [0.2, 0.25) is 0 Å². The number of hydrogen-bond donors (Lipinski definition) is 1. The monoisotopic (exact) mass is 259 g/mol. The predicted octanol–water partition coefficient (Wildman–Crippen LogP) is 3.97. The summed E-state index contributed by atoms with van der Waals surface area (Å²) >= 11 is 11.9. The smallest absolute Gasteiger partial charge is 0.0751 e. The molecule has 1 saturated heterocycles. The zero-order valence-corrected chi connectivity index (χ0v) is 10.7. The first-order valence-electron chi connectivity index (χ1n) is 5.49. The molecule has 1 fully saturated rings. The molecule has 0 amide bonds. The Hall–Kier alpha value is -0.440. The molecule has 2 nitrogen and oxygen atoms in total. The highest BCUT2D eigenvalue weighted by atomic mass is 35.5. The fraction of sp³-hybridized carbons (Fsp3) is 0.500. The van der Waals surface area contributed by atoms with E-state index in [2.05, 4.69) is 12.2 Å². The highest BCUT2D eigenvalue weighted by Crippen LogP contribution is 2.26. The van der Waals surface area contributed by atoms with E-state index in [1.54, 1.807) is 6.07 Å². The number of hydrogen-bond acceptors (Lipinski definition) is 2. The lowest BCUT2D eigenvalue weighted by Crippen LogP contribution is -2.19. The first kappa shape index (κ1) is 12.0. The van der Waals surface area contributed by atoms with E-state index in [0.717, 1.165) is 25.1 Å². The molecule has 88 valence electrons. The van der Waals surface area contributed by atoms with Crippen molar-refractivity contribution in [1.29, 1.82) is 0 Å². The quantitative estimate of drug-likeness (QED) is 0.887. The van der Waals surface area contributed by atoms with Crippen molar-refractivity contribution in [2.75, 3.05) is 11.9 Å². The number of halogens is 2. The first-order chi connectivity index (χ1) is 7.65. The van der Waals surface area contributed by atoms with Gasteiger partial charge in [-0.2, -0.15) is 0 Å². The minimum atomic E-state index is 0.293. The van der Waals surface area contributed by atoms with Gasteiger partial charge in [0.15, 0.2) is 0 Å². The molecule has 0 saturated carbocycles. The van der Waals surface area contributed by atoms with E-state index in [-0.39, 0.29) is 0 Å². The van der Waals surface area contributed by atoms with Gasteiger partial charge in [0.25, 0.3) is 0 Å². The highest BCUT2D eigenvalue weighted by Gasteiger charge is 2.21. The van der Waals surface area contributed by atoms with Crippen LogP contribution in [-0.4, -0.2) is 18.8 Å². The third-order valence-electron chi connectivity index (χ3n) is 2.77. The Bertz CT molecular complexity index is 370. The summed E-state index contributed by atoms with van der Waals surface area (Å²) in [7, 11) is 0. The molecule has 2 atom stereocenters. The van der Waals surface area contributed by atoms with Crippen molar-refractivity contribution in [2.45, 2.75) is 32.0 Å². The minimum absolute atomic E-state index is 0.293. The van der Waals surface area contributed by atoms with Crippen LogP contribution < -0.4 is 5.32 Å². The summed E-state index contributed by atoms with van der Waals surface area (Å²) in [6.07, 6.45) is 2.93. The van der Waals surface area contributed by atoms with E-state index < -0.39 is 0 Å². The second-order valence-corrected chi connectivity index (χ2v) is 4.99. The maximum atomic E-state index is 6.06. The zero-order chi connectivity index (χ0) is 11.5. The second-order valence-electron chi connectivity index (χ2n) is 4.15. The Balaban J connectivity index is 1.89. The molecule has 0 radical (unpaired) electrons. The predicted molar refractivity (Wildman–Crippen MR) is 68.5 cm³/mol. The van der Waals surface area contributed by atoms with Crippen LogP contribution in [0.15, 0.2) is 18.2 Å². The van der Waals surface area contributed by atoms with Crippen molar-refractivity contribution in [3.8, 4) is 0 Å². The van der Waals surface area contributed by atoms with Crippen molar-refractivity contribution in [1.82, 2.24) is 0 Å². The molecule has 1 aromatic rings. The maximum absolute atomic E-state index is 6.06. The summed E-state index contributed by atoms with van der Waals surface area (Å²) in [6.45, 7) is 2.90. The van der Waals surface area contributed by atoms with Gasteiger partial charge in [0.1, 0.15) is 0 Å². The van der Waals surface area contributed by atoms with Gasteiger partial charge in [-0.25, -0.2) is 0 Å². The minimum Gasteiger partial charge on any atom is -0.381 e. The second kappa shape index (κ2) is 5.26. The highest BCUT2D eigenvalue weighted by molar-refractivity contribution is 6.36.